The molecule has 0 unspecified atom stereocenters. The Labute approximate surface area is 197 Å². The summed E-state index contributed by atoms with van der Waals surface area (Å²) in [6.45, 7) is 9.76. The van der Waals surface area contributed by atoms with Gasteiger partial charge < -0.3 is 15.3 Å². The first kappa shape index (κ1) is 26.6. The highest BCUT2D eigenvalue weighted by molar-refractivity contribution is 5.99. The summed E-state index contributed by atoms with van der Waals surface area (Å²) in [5.74, 6) is -1.19. The van der Waals surface area contributed by atoms with E-state index in [0.717, 1.165) is 9.13 Å². The Hall–Kier alpha value is -3.69. The second kappa shape index (κ2) is 11.4. The van der Waals surface area contributed by atoms with Gasteiger partial charge in [0.25, 0.3) is 5.56 Å². The smallest absolute Gasteiger partial charge is 0.331 e. The molecule has 1 amide bonds. The van der Waals surface area contributed by atoms with E-state index >= 15 is 0 Å². The predicted molar refractivity (Wildman–Crippen MR) is 128 cm³/mol. The fourth-order valence-electron chi connectivity index (χ4n) is 3.09. The van der Waals surface area contributed by atoms with Gasteiger partial charge in [0.05, 0.1) is 29.9 Å². The van der Waals surface area contributed by atoms with Crippen molar-refractivity contribution < 1.29 is 19.5 Å². The van der Waals surface area contributed by atoms with Crippen LogP contribution in [0.4, 0.5) is 0 Å². The highest BCUT2D eigenvalue weighted by Gasteiger charge is 2.20. The first-order chi connectivity index (χ1) is 15.9. The predicted octanol–water partition coefficient (Wildman–Crippen LogP) is 1.91. The summed E-state index contributed by atoms with van der Waals surface area (Å²) in [7, 11) is 0. The molecule has 0 aliphatic heterocycles. The molecule has 10 heteroatoms. The number of amides is 1. The Morgan fingerprint density at radius 1 is 1.09 bits per heavy atom. The van der Waals surface area contributed by atoms with Crippen molar-refractivity contribution in [3.05, 3.63) is 62.4 Å². The number of phenolic OH excluding ortho intramolecular Hbond substituents is 1. The zero-order valence-corrected chi connectivity index (χ0v) is 20.4. The average molecular weight is 473 g/mol. The van der Waals surface area contributed by atoms with Crippen LogP contribution in [0.1, 0.15) is 57.5 Å². The van der Waals surface area contributed by atoms with Crippen LogP contribution in [0, 0.1) is 5.92 Å². The Morgan fingerprint density at radius 2 is 1.74 bits per heavy atom. The van der Waals surface area contributed by atoms with Gasteiger partial charge in [0, 0.05) is 18.2 Å². The van der Waals surface area contributed by atoms with Gasteiger partial charge in [-0.1, -0.05) is 31.1 Å². The maximum absolute atomic E-state index is 13.2. The zero-order valence-electron chi connectivity index (χ0n) is 20.4. The van der Waals surface area contributed by atoms with Crippen LogP contribution in [0.25, 0.3) is 0 Å². The van der Waals surface area contributed by atoms with Gasteiger partial charge >= 0.3 is 5.69 Å². The number of oxime groups is 1. The third-order valence-electron chi connectivity index (χ3n) is 4.92. The van der Waals surface area contributed by atoms with E-state index in [1.54, 1.807) is 53.7 Å². The summed E-state index contributed by atoms with van der Waals surface area (Å²) in [6, 6.07) is 5.48. The molecule has 1 atom stereocenters. The molecule has 1 aromatic carbocycles. The molecule has 184 valence electrons. The fraction of sp³-hybridized carbons (Fsp3) is 0.458. The zero-order chi connectivity index (χ0) is 25.6. The molecule has 2 aromatic rings. The van der Waals surface area contributed by atoms with Gasteiger partial charge in [-0.2, -0.15) is 0 Å². The van der Waals surface area contributed by atoms with Gasteiger partial charge in [0.1, 0.15) is 11.9 Å². The quantitative estimate of drug-likeness (QED) is 0.308. The summed E-state index contributed by atoms with van der Waals surface area (Å²) < 4.78 is 2.06. The SMILES string of the molecule is C/C(=N\OC(C)C)c1cn(CC(=O)c2ccccc2O)c(=O)n(C[C@H](C)NC(=O)C(C)C)c1=O. The number of hydrogen-bond donors (Lipinski definition) is 2. The number of para-hydroxylation sites is 1. The van der Waals surface area contributed by atoms with Crippen molar-refractivity contribution in [3.8, 4) is 5.75 Å². The van der Waals surface area contributed by atoms with E-state index in [4.69, 9.17) is 4.84 Å². The van der Waals surface area contributed by atoms with Crippen molar-refractivity contribution in [1.82, 2.24) is 14.5 Å². The van der Waals surface area contributed by atoms with Crippen LogP contribution >= 0.6 is 0 Å². The second-order valence-electron chi connectivity index (χ2n) is 8.70. The van der Waals surface area contributed by atoms with Crippen molar-refractivity contribution in [3.63, 3.8) is 0 Å². The molecule has 34 heavy (non-hydrogen) atoms. The third-order valence-corrected chi connectivity index (χ3v) is 4.92. The lowest BCUT2D eigenvalue weighted by Gasteiger charge is -2.18. The summed E-state index contributed by atoms with van der Waals surface area (Å²) >= 11 is 0. The number of phenols is 1. The van der Waals surface area contributed by atoms with E-state index < -0.39 is 29.6 Å². The lowest BCUT2D eigenvalue weighted by atomic mass is 10.1. The van der Waals surface area contributed by atoms with Gasteiger partial charge in [-0.25, -0.2) is 4.79 Å². The van der Waals surface area contributed by atoms with Gasteiger partial charge in [-0.15, -0.1) is 0 Å². The van der Waals surface area contributed by atoms with E-state index in [-0.39, 0.29) is 47.1 Å². The molecule has 0 fully saturated rings. The summed E-state index contributed by atoms with van der Waals surface area (Å²) in [4.78, 5) is 56.4. The molecule has 0 saturated carbocycles. The van der Waals surface area contributed by atoms with Crippen LogP contribution in [0.2, 0.25) is 0 Å². The third kappa shape index (κ3) is 6.66. The van der Waals surface area contributed by atoms with Gasteiger partial charge in [0.2, 0.25) is 5.91 Å². The summed E-state index contributed by atoms with van der Waals surface area (Å²) in [5, 5.41) is 16.7. The first-order valence-electron chi connectivity index (χ1n) is 11.1. The fourth-order valence-corrected chi connectivity index (χ4v) is 3.09. The molecular formula is C24H32N4O6. The molecule has 0 radical (unpaired) electrons. The van der Waals surface area contributed by atoms with Crippen molar-refractivity contribution in [2.75, 3.05) is 0 Å². The minimum absolute atomic E-state index is 0.0554. The molecule has 0 saturated heterocycles. The summed E-state index contributed by atoms with van der Waals surface area (Å²) in [5.41, 5.74) is -0.973. The number of Topliss-reactive ketones (excluding diaryl/α,β-unsaturated/α-hetero) is 1. The molecule has 2 N–H and O–H groups in total. The Bertz CT molecular complexity index is 1190. The number of carbonyl (C=O) groups is 2. The van der Waals surface area contributed by atoms with E-state index in [1.807, 2.05) is 0 Å². The number of carbonyl (C=O) groups excluding carboxylic acids is 2. The van der Waals surface area contributed by atoms with Gasteiger partial charge in [0.15, 0.2) is 5.78 Å². The maximum atomic E-state index is 13.2. The monoisotopic (exact) mass is 472 g/mol. The topological polar surface area (TPSA) is 132 Å². The molecule has 2 rings (SSSR count). The Balaban J connectivity index is 2.54. The van der Waals surface area contributed by atoms with Crippen LogP contribution in [0.5, 0.6) is 5.75 Å². The van der Waals surface area contributed by atoms with E-state index in [0.29, 0.717) is 0 Å². The van der Waals surface area contributed by atoms with E-state index in [2.05, 4.69) is 10.5 Å². The summed E-state index contributed by atoms with van der Waals surface area (Å²) in [6.07, 6.45) is 1.04. The number of aromatic hydroxyl groups is 1. The van der Waals surface area contributed by atoms with Crippen LogP contribution in [-0.2, 0) is 22.7 Å². The van der Waals surface area contributed by atoms with Crippen LogP contribution in [0.3, 0.4) is 0 Å². The number of nitrogens with one attached hydrogen (secondary N) is 1. The van der Waals surface area contributed by atoms with Crippen LogP contribution in [-0.4, -0.2) is 43.8 Å². The van der Waals surface area contributed by atoms with E-state index in [9.17, 15) is 24.3 Å². The number of ketones is 1. The number of nitrogens with zero attached hydrogens (tertiary/aromatic N) is 3. The van der Waals surface area contributed by atoms with Crippen LogP contribution in [0.15, 0.2) is 45.2 Å². The van der Waals surface area contributed by atoms with Crippen molar-refractivity contribution in [1.29, 1.82) is 0 Å². The highest BCUT2D eigenvalue weighted by Crippen LogP contribution is 2.16. The maximum Gasteiger partial charge on any atom is 0.331 e. The van der Waals surface area contributed by atoms with Crippen LogP contribution < -0.4 is 16.6 Å². The highest BCUT2D eigenvalue weighted by atomic mass is 16.6. The van der Waals surface area contributed by atoms with Gasteiger partial charge in [-0.05, 0) is 39.8 Å². The van der Waals surface area contributed by atoms with Crippen molar-refractivity contribution in [2.24, 2.45) is 11.1 Å². The van der Waals surface area contributed by atoms with Crippen molar-refractivity contribution >= 4 is 17.4 Å². The first-order valence-corrected chi connectivity index (χ1v) is 11.1. The number of benzene rings is 1. The molecular weight excluding hydrogens is 440 g/mol. The molecule has 0 aliphatic carbocycles. The normalized spacial score (nSPS) is 12.6. The standard InChI is InChI=1S/C24H32N4O6/c1-14(2)22(31)25-16(5)11-28-23(32)19(17(6)26-34-15(3)4)12-27(24(28)33)13-21(30)18-9-7-8-10-20(18)29/h7-10,12,14-16,29H,11,13H2,1-6H3,(H,25,31)/b26-17+/t16-/m0/s1. The van der Waals surface area contributed by atoms with E-state index in [1.165, 1.54) is 18.3 Å². The van der Waals surface area contributed by atoms with Gasteiger partial charge in [-0.3, -0.25) is 23.5 Å². The largest absolute Gasteiger partial charge is 0.507 e. The number of hydrogen-bond acceptors (Lipinski definition) is 7. The molecule has 0 spiro atoms. The lowest BCUT2D eigenvalue weighted by molar-refractivity contribution is -0.124. The minimum atomic E-state index is -0.722. The van der Waals surface area contributed by atoms with Crippen molar-refractivity contribution in [2.45, 2.75) is 66.8 Å². The molecule has 10 nitrogen and oxygen atoms in total. The Morgan fingerprint density at radius 3 is 2.32 bits per heavy atom. The molecule has 0 bridgehead atoms. The molecule has 1 heterocycles. The molecule has 1 aromatic heterocycles. The minimum Gasteiger partial charge on any atom is -0.507 e. The lowest BCUT2D eigenvalue weighted by Crippen LogP contribution is -2.48. The number of rotatable bonds is 10. The number of aromatic nitrogens is 2. The Kier molecular flexibility index (Phi) is 8.94. The molecule has 0 aliphatic rings. The average Bonchev–Trinajstić information content (AvgIpc) is 2.76. The second-order valence-corrected chi connectivity index (χ2v) is 8.70.